The topological polar surface area (TPSA) is 212 Å². The summed E-state index contributed by atoms with van der Waals surface area (Å²) >= 11 is 9.54. The molecule has 1 N–H and O–H groups in total. The molecular weight excluding hydrogens is 1480 g/mol. The van der Waals surface area contributed by atoms with E-state index in [4.69, 9.17) is 76.7 Å². The SMILES string of the molecule is CCOC1CC([B]P)OC1COP(=O)(OCCC#N)OC1CC([B]P)OC1COC(C)C.II.I[I-]I.S.[B]C1CC(O)C(COP(=O)([O-])OC2CC([B])OC2COC(C)C)O1. The van der Waals surface area contributed by atoms with E-state index >= 15 is 0 Å². The molecule has 4 aliphatic heterocycles. The van der Waals surface area contributed by atoms with Gasteiger partial charge in [0, 0.05) is 67.9 Å². The molecule has 0 amide bonds. The van der Waals surface area contributed by atoms with E-state index in [9.17, 15) is 19.1 Å². The van der Waals surface area contributed by atoms with E-state index in [1.54, 1.807) is 0 Å². The number of halogens is 5. The molecule has 0 bridgehead atoms. The molecule has 62 heavy (non-hydrogen) atoms. The minimum absolute atomic E-state index is 0. The Labute approximate surface area is 437 Å². The molecule has 0 aromatic rings. The van der Waals surface area contributed by atoms with Crippen LogP contribution in [0.25, 0.3) is 0 Å². The van der Waals surface area contributed by atoms with E-state index in [0.717, 1.165) is 0 Å². The molecule has 4 aliphatic rings. The van der Waals surface area contributed by atoms with E-state index in [1.165, 1.54) is 0 Å². The fourth-order valence-electron chi connectivity index (χ4n) is 6.02. The second-order valence-corrected chi connectivity index (χ2v) is 34.1. The monoisotopic (exact) mass is 1530 g/mol. The predicted octanol–water partition coefficient (Wildman–Crippen LogP) is 2.34. The van der Waals surface area contributed by atoms with Gasteiger partial charge in [0.2, 0.25) is 0 Å². The number of ether oxygens (including phenoxy) is 7. The molecule has 31 heteroatoms. The van der Waals surface area contributed by atoms with E-state index in [1.807, 2.05) is 54.7 Å². The zero-order valence-corrected chi connectivity index (χ0v) is 51.0. The summed E-state index contributed by atoms with van der Waals surface area (Å²) in [5.74, 6) is 0. The van der Waals surface area contributed by atoms with Gasteiger partial charge >= 0.3 is 58.3 Å². The van der Waals surface area contributed by atoms with Crippen molar-refractivity contribution >= 4 is 152 Å². The molecular formula is C31H58B4I5NO16P4S-2. The molecule has 17 nitrogen and oxygen atoms in total. The summed E-state index contributed by atoms with van der Waals surface area (Å²) in [5, 5.41) is 18.5. The Morgan fingerprint density at radius 1 is 0.806 bits per heavy atom. The summed E-state index contributed by atoms with van der Waals surface area (Å²) in [4.78, 5) is 12.0. The van der Waals surface area contributed by atoms with Crippen molar-refractivity contribution in [2.45, 2.75) is 152 Å². The van der Waals surface area contributed by atoms with Crippen LogP contribution in [-0.2, 0) is 64.9 Å². The van der Waals surface area contributed by atoms with E-state index in [0.29, 0.717) is 39.3 Å². The van der Waals surface area contributed by atoms with Gasteiger partial charge in [0.25, 0.3) is 7.82 Å². The number of nitriles is 1. The average molecular weight is 1530 g/mol. The molecule has 358 valence electrons. The molecule has 4 rings (SSSR count). The largest absolute Gasteiger partial charge is 0.756 e. The third-order valence-corrected chi connectivity index (χ3v) is 12.1. The van der Waals surface area contributed by atoms with Gasteiger partial charge in [0.1, 0.15) is 40.1 Å². The van der Waals surface area contributed by atoms with Gasteiger partial charge in [-0.2, -0.15) is 37.0 Å². The first kappa shape index (κ1) is 66.5. The number of rotatable bonds is 23. The Hall–Kier alpha value is 4.51. The van der Waals surface area contributed by atoms with E-state index < -0.39 is 70.4 Å². The molecule has 6 radical (unpaired) electrons. The molecule has 4 fully saturated rings. The van der Waals surface area contributed by atoms with Gasteiger partial charge in [-0.1, -0.05) is 0 Å². The zero-order valence-electron chi connectivity index (χ0n) is 35.1. The summed E-state index contributed by atoms with van der Waals surface area (Å²) < 4.78 is 91.7. The van der Waals surface area contributed by atoms with Crippen molar-refractivity contribution in [2.75, 3.05) is 39.6 Å². The molecule has 4 heterocycles. The third kappa shape index (κ3) is 27.4. The Balaban J connectivity index is 0.00000110. The normalized spacial score (nSPS) is 32.2. The second kappa shape index (κ2) is 37.3. The minimum atomic E-state index is -4.62. The summed E-state index contributed by atoms with van der Waals surface area (Å²) in [6.07, 6.45) is -3.03. The molecule has 0 saturated carbocycles. The predicted molar refractivity (Wildman–Crippen MR) is 279 cm³/mol. The number of aliphatic hydroxyl groups excluding tert-OH is 1. The third-order valence-electron chi connectivity index (χ3n) is 8.72. The molecule has 0 spiro atoms. The number of phosphoric acid groups is 2. The minimum Gasteiger partial charge on any atom is -0.756 e. The molecule has 0 aromatic heterocycles. The van der Waals surface area contributed by atoms with Crippen LogP contribution in [0.15, 0.2) is 0 Å². The van der Waals surface area contributed by atoms with Crippen LogP contribution >= 0.6 is 122 Å². The quantitative estimate of drug-likeness (QED) is 0.0674. The summed E-state index contributed by atoms with van der Waals surface area (Å²) in [5.41, 5.74) is 0. The van der Waals surface area contributed by atoms with Crippen LogP contribution < -0.4 is 18.1 Å². The Bertz CT molecular complexity index is 1330. The molecule has 0 aromatic carbocycles. The Kier molecular flexibility index (Phi) is 40.0. The first-order chi connectivity index (χ1) is 28.9. The fraction of sp³-hybridized carbons (Fsp3) is 0.968. The van der Waals surface area contributed by atoms with Crippen molar-refractivity contribution in [1.82, 2.24) is 0 Å². The first-order valence-corrected chi connectivity index (χ1v) is 42.4. The van der Waals surface area contributed by atoms with Crippen LogP contribution in [0.1, 0.15) is 66.7 Å². The van der Waals surface area contributed by atoms with Crippen LogP contribution in [0.3, 0.4) is 0 Å². The van der Waals surface area contributed by atoms with Gasteiger partial charge < -0.3 is 52.2 Å². The molecule has 16 unspecified atom stereocenters. The van der Waals surface area contributed by atoms with Crippen molar-refractivity contribution in [3.63, 3.8) is 0 Å². The fourth-order valence-corrected chi connectivity index (χ4v) is 8.86. The van der Waals surface area contributed by atoms with Crippen LogP contribution in [0, 0.1) is 11.3 Å². The van der Waals surface area contributed by atoms with Gasteiger partial charge in [-0.25, -0.2) is 4.57 Å². The smallest absolute Gasteiger partial charge is 0.268 e. The standard InChI is InChI=1S/C18H34B2NO8P3.C13H23B2O8P.I3.I2.H2S/c1-4-23-13-8-17(19-30)28-16(13)11-26-32(22,25-7-5-6-21)29-14-9-18(20-31)27-15(14)10-24-12(2)3;1-7(2)19-5-11-9(4-13(15)22-11)23-24(17,18)20-6-10-8(16)3-12(14)21-10;1-3-2;1-2;/h12-18H,4-5,7-11,30-31H2,1-3H3;7-13,16H,3-6H2,1-2H3,(H,17,18);;;1H2/q;;-1;;/p-1. The van der Waals surface area contributed by atoms with Crippen LogP contribution in [0.4, 0.5) is 0 Å². The number of phosphoric ester groups is 2. The maximum atomic E-state index is 13.5. The van der Waals surface area contributed by atoms with Crippen LogP contribution in [0.5, 0.6) is 0 Å². The van der Waals surface area contributed by atoms with Crippen molar-refractivity contribution in [3.05, 3.63) is 0 Å². The van der Waals surface area contributed by atoms with E-state index in [-0.39, 0.29) is 89.5 Å². The zero-order chi connectivity index (χ0) is 46.2. The van der Waals surface area contributed by atoms with Gasteiger partial charge in [0.05, 0.1) is 82.1 Å². The second-order valence-electron chi connectivity index (χ2n) is 14.1. The van der Waals surface area contributed by atoms with Gasteiger partial charge in [-0.3, -0.25) is 18.1 Å². The van der Waals surface area contributed by atoms with Crippen LogP contribution in [0.2, 0.25) is 0 Å². The van der Waals surface area contributed by atoms with Gasteiger partial charge in [-0.05, 0) is 60.3 Å². The van der Waals surface area contributed by atoms with Crippen molar-refractivity contribution < 1.29 is 88.2 Å². The Morgan fingerprint density at radius 2 is 1.27 bits per heavy atom. The van der Waals surface area contributed by atoms with Gasteiger partial charge in [-0.15, -0.1) is 0 Å². The van der Waals surface area contributed by atoms with Crippen molar-refractivity contribution in [1.29, 1.82) is 5.26 Å². The number of aliphatic hydroxyl groups is 1. The number of nitrogens with zero attached hydrogens (tertiary/aromatic N) is 1. The van der Waals surface area contributed by atoms with E-state index in [2.05, 4.69) is 92.7 Å². The number of hydrogen-bond acceptors (Lipinski definition) is 17. The van der Waals surface area contributed by atoms with Gasteiger partial charge in [0.15, 0.2) is 14.0 Å². The summed E-state index contributed by atoms with van der Waals surface area (Å²) in [6.45, 7) is 13.7. The maximum Gasteiger partial charge on any atom is 0.268 e. The maximum absolute atomic E-state index is 13.5. The summed E-state index contributed by atoms with van der Waals surface area (Å²) in [7, 11) is 7.64. The molecule has 16 atom stereocenters. The number of hydrogen-bond donors (Lipinski definition) is 1. The summed E-state index contributed by atoms with van der Waals surface area (Å²) in [6, 6.07) is 0.418. The van der Waals surface area contributed by atoms with Crippen LogP contribution in [-0.4, -0.2) is 159 Å². The molecule has 0 aliphatic carbocycles. The Morgan fingerprint density at radius 3 is 1.76 bits per heavy atom. The molecule has 4 saturated heterocycles. The first-order valence-electron chi connectivity index (χ1n) is 19.3. The average Bonchev–Trinajstić information content (AvgIpc) is 3.97. The van der Waals surface area contributed by atoms with Crippen molar-refractivity contribution in [3.8, 4) is 6.07 Å². The van der Waals surface area contributed by atoms with Crippen molar-refractivity contribution in [2.24, 2.45) is 0 Å².